The van der Waals surface area contributed by atoms with Crippen LogP contribution in [0.15, 0.2) is 82.6 Å². The number of nitrogens with zero attached hydrogens (tertiary/aromatic N) is 1. The van der Waals surface area contributed by atoms with Crippen molar-refractivity contribution in [2.45, 2.75) is 63.8 Å². The summed E-state index contributed by atoms with van der Waals surface area (Å²) in [6.45, 7) is 8.60. The Labute approximate surface area is 246 Å². The van der Waals surface area contributed by atoms with Crippen molar-refractivity contribution in [3.8, 4) is 0 Å². The lowest BCUT2D eigenvalue weighted by Gasteiger charge is -2.26. The lowest BCUT2D eigenvalue weighted by molar-refractivity contribution is -0.991. The fraction of sp³-hybridized carbons (Fsp3) is 0.375. The zero-order chi connectivity index (χ0) is 29.9. The van der Waals surface area contributed by atoms with Crippen molar-refractivity contribution in [3.63, 3.8) is 0 Å². The first-order valence-electron chi connectivity index (χ1n) is 14.1. The van der Waals surface area contributed by atoms with Crippen molar-refractivity contribution in [3.05, 3.63) is 104 Å². The third-order valence-electron chi connectivity index (χ3n) is 9.30. The molecule has 1 aliphatic carbocycles. The van der Waals surface area contributed by atoms with Crippen LogP contribution in [-0.2, 0) is 10.8 Å². The van der Waals surface area contributed by atoms with E-state index in [1.165, 1.54) is 4.90 Å². The van der Waals surface area contributed by atoms with Crippen molar-refractivity contribution in [1.29, 1.82) is 0 Å². The first-order valence-corrected chi connectivity index (χ1v) is 14.4. The highest BCUT2D eigenvalue weighted by Gasteiger charge is 2.47. The van der Waals surface area contributed by atoms with Crippen LogP contribution < -0.4 is 20.3 Å². The van der Waals surface area contributed by atoms with E-state index in [2.05, 4.69) is 63.9 Å². The van der Waals surface area contributed by atoms with Crippen LogP contribution in [0.25, 0.3) is 0 Å². The van der Waals surface area contributed by atoms with Gasteiger partial charge < -0.3 is 15.3 Å². The summed E-state index contributed by atoms with van der Waals surface area (Å²) in [7, 11) is 4.15. The zero-order valence-corrected chi connectivity index (χ0v) is 25.3. The van der Waals surface area contributed by atoms with Gasteiger partial charge in [-0.3, -0.25) is 4.90 Å². The standard InChI is InChI=1S/C32H39ClN4O4/c1-31(2)24-18-22(36(38)39)12-14-26(24)34(5)28(31)16-10-20-8-7-9-21(30(20)33)11-17-29-32(3,4)25-19-23(37(40)41)13-15-27(25)35(29)6/h10-19,28,36-38,40H,7-9H2,1-6H3/p+1. The highest BCUT2D eigenvalue weighted by molar-refractivity contribution is 6.32. The first-order chi connectivity index (χ1) is 19.2. The summed E-state index contributed by atoms with van der Waals surface area (Å²) in [5, 5.41) is 41.1. The Morgan fingerprint density at radius 3 is 2.27 bits per heavy atom. The molecule has 5 N–H and O–H groups in total. The number of anilines is 1. The van der Waals surface area contributed by atoms with Gasteiger partial charge in [-0.2, -0.15) is 10.5 Å². The SMILES string of the molecule is CN1C(=CC=C2CCCC(C=CC3[NH+](C)c4ccc([NH+]([O-])O)cc4C3(C)C)=C2Cl)C(C)(C)c2cc([NH+]([O-])O)ccc21. The van der Waals surface area contributed by atoms with Crippen molar-refractivity contribution in [2.24, 2.45) is 0 Å². The van der Waals surface area contributed by atoms with Gasteiger partial charge in [-0.25, -0.2) is 10.4 Å². The number of hydrogen-bond acceptors (Lipinski definition) is 5. The summed E-state index contributed by atoms with van der Waals surface area (Å²) in [4.78, 5) is 3.37. The van der Waals surface area contributed by atoms with Gasteiger partial charge in [-0.1, -0.05) is 37.6 Å². The number of rotatable bonds is 5. The number of nitrogens with one attached hydrogen (secondary N) is 3. The van der Waals surface area contributed by atoms with Gasteiger partial charge in [0.15, 0.2) is 11.4 Å². The van der Waals surface area contributed by atoms with E-state index in [1.54, 1.807) is 18.2 Å². The molecule has 41 heavy (non-hydrogen) atoms. The molecule has 0 saturated heterocycles. The van der Waals surface area contributed by atoms with Crippen molar-refractivity contribution >= 4 is 34.4 Å². The molecule has 5 rings (SSSR count). The Balaban J connectivity index is 1.42. The molecule has 0 aromatic heterocycles. The number of fused-ring (bicyclic) bond motifs is 2. The van der Waals surface area contributed by atoms with E-state index in [-0.39, 0.29) is 16.9 Å². The molecule has 3 aliphatic rings. The van der Waals surface area contributed by atoms with E-state index in [1.807, 2.05) is 25.2 Å². The van der Waals surface area contributed by atoms with E-state index in [9.17, 15) is 20.8 Å². The van der Waals surface area contributed by atoms with Crippen LogP contribution in [0.3, 0.4) is 0 Å². The zero-order valence-electron chi connectivity index (χ0n) is 24.5. The predicted octanol–water partition coefficient (Wildman–Crippen LogP) is 3.77. The third-order valence-corrected chi connectivity index (χ3v) is 9.78. The maximum atomic E-state index is 11.6. The van der Waals surface area contributed by atoms with Gasteiger partial charge in [0.1, 0.15) is 11.7 Å². The lowest BCUT2D eigenvalue weighted by atomic mass is 9.80. The summed E-state index contributed by atoms with van der Waals surface area (Å²) < 4.78 is 0. The molecule has 0 bridgehead atoms. The van der Waals surface area contributed by atoms with Gasteiger partial charge >= 0.3 is 0 Å². The molecule has 0 spiro atoms. The second-order valence-electron chi connectivity index (χ2n) is 12.5. The second-order valence-corrected chi connectivity index (χ2v) is 12.8. The minimum Gasteiger partial charge on any atom is -0.595 e. The molecule has 2 aliphatic heterocycles. The first kappa shape index (κ1) is 29.7. The van der Waals surface area contributed by atoms with Gasteiger partial charge in [0.25, 0.3) is 0 Å². The normalized spacial score (nSPS) is 26.7. The largest absolute Gasteiger partial charge is 0.595 e. The number of allylic oxidation sites excluding steroid dienone is 7. The molecular formula is C32H40ClN4O4+. The highest BCUT2D eigenvalue weighted by Crippen LogP contribution is 2.48. The maximum Gasteiger partial charge on any atom is 0.164 e. The van der Waals surface area contributed by atoms with Crippen LogP contribution in [-0.4, -0.2) is 30.6 Å². The van der Waals surface area contributed by atoms with Crippen LogP contribution in [0.1, 0.15) is 58.1 Å². The number of hydrogen-bond donors (Lipinski definition) is 5. The van der Waals surface area contributed by atoms with E-state index < -0.39 is 10.5 Å². The van der Waals surface area contributed by atoms with Gasteiger partial charge in [0, 0.05) is 64.8 Å². The van der Waals surface area contributed by atoms with Gasteiger partial charge in [0.05, 0.1) is 12.5 Å². The molecule has 0 fully saturated rings. The molecule has 2 heterocycles. The summed E-state index contributed by atoms with van der Waals surface area (Å²) in [5.74, 6) is 0. The van der Waals surface area contributed by atoms with Crippen LogP contribution in [0, 0.1) is 10.4 Å². The van der Waals surface area contributed by atoms with Gasteiger partial charge in [-0.15, -0.1) is 0 Å². The number of quaternary nitrogens is 3. The molecule has 0 saturated carbocycles. The summed E-state index contributed by atoms with van der Waals surface area (Å²) in [6.07, 6.45) is 11.4. The molecule has 2 aromatic rings. The quantitative estimate of drug-likeness (QED) is 0.347. The second kappa shape index (κ2) is 10.8. The van der Waals surface area contributed by atoms with Crippen LogP contribution in [0.5, 0.6) is 0 Å². The third kappa shape index (κ3) is 5.09. The Bertz CT molecular complexity index is 1490. The summed E-state index contributed by atoms with van der Waals surface area (Å²) >= 11 is 7.00. The molecule has 218 valence electrons. The fourth-order valence-electron chi connectivity index (χ4n) is 6.88. The number of benzene rings is 2. The molecular weight excluding hydrogens is 540 g/mol. The molecule has 2 aromatic carbocycles. The lowest BCUT2D eigenvalue weighted by Crippen LogP contribution is -3.07. The summed E-state index contributed by atoms with van der Waals surface area (Å²) in [5.41, 5.74) is 7.54. The van der Waals surface area contributed by atoms with E-state index in [0.717, 1.165) is 63.6 Å². The molecule has 0 amide bonds. The number of likely N-dealkylation sites (N-methyl/N-ethyl adjacent to an activating group) is 2. The van der Waals surface area contributed by atoms with Crippen molar-refractivity contribution < 1.29 is 25.8 Å². The number of halogens is 1. The van der Waals surface area contributed by atoms with Gasteiger partial charge in [-0.05, 0) is 68.0 Å². The van der Waals surface area contributed by atoms with Crippen LogP contribution >= 0.6 is 11.6 Å². The molecule has 4 atom stereocenters. The van der Waals surface area contributed by atoms with Crippen LogP contribution in [0.2, 0.25) is 0 Å². The monoisotopic (exact) mass is 579 g/mol. The minimum atomic E-state index is -0.923. The topological polar surface area (TPSA) is 103 Å². The average Bonchev–Trinajstić information content (AvgIpc) is 3.24. The fourth-order valence-corrected chi connectivity index (χ4v) is 7.20. The van der Waals surface area contributed by atoms with Crippen LogP contribution in [0.4, 0.5) is 22.7 Å². The van der Waals surface area contributed by atoms with Crippen molar-refractivity contribution in [2.75, 3.05) is 19.0 Å². The Morgan fingerprint density at radius 1 is 0.976 bits per heavy atom. The van der Waals surface area contributed by atoms with E-state index in [0.29, 0.717) is 11.4 Å². The predicted molar refractivity (Wildman–Crippen MR) is 161 cm³/mol. The molecule has 8 nitrogen and oxygen atoms in total. The maximum absolute atomic E-state index is 11.6. The summed E-state index contributed by atoms with van der Waals surface area (Å²) in [6, 6.07) is 10.9. The molecule has 0 radical (unpaired) electrons. The van der Waals surface area contributed by atoms with Gasteiger partial charge in [0.2, 0.25) is 0 Å². The minimum absolute atomic E-state index is 0.136. The highest BCUT2D eigenvalue weighted by atomic mass is 35.5. The smallest absolute Gasteiger partial charge is 0.164 e. The molecule has 9 heteroatoms. The van der Waals surface area contributed by atoms with E-state index in [4.69, 9.17) is 11.6 Å². The average molecular weight is 580 g/mol. The Kier molecular flexibility index (Phi) is 7.82. The Morgan fingerprint density at radius 2 is 1.61 bits per heavy atom. The van der Waals surface area contributed by atoms with Crippen molar-refractivity contribution in [1.82, 2.24) is 0 Å². The Hall–Kier alpha value is -2.79. The molecule has 4 unspecified atom stereocenters. The van der Waals surface area contributed by atoms with E-state index >= 15 is 0 Å².